The molecule has 1 unspecified atom stereocenters. The Morgan fingerprint density at radius 1 is 1.30 bits per heavy atom. The number of hydrogen-bond acceptors (Lipinski definition) is 2. The Bertz CT molecular complexity index is 460. The maximum Gasteiger partial charge on any atom is 0.251 e. The van der Waals surface area contributed by atoms with Gasteiger partial charge in [0.15, 0.2) is 0 Å². The standard InChI is InChI=1S/C16H25BrN2O/c1-4-6-8-13(7-5-2)19-16(20)14-9-12(17)10-15(18)11(14)3/h9-10,13H,4-8,18H2,1-3H3,(H,19,20). The summed E-state index contributed by atoms with van der Waals surface area (Å²) < 4.78 is 0.839. The van der Waals surface area contributed by atoms with Crippen molar-refractivity contribution in [2.45, 2.75) is 58.9 Å². The van der Waals surface area contributed by atoms with E-state index in [0.717, 1.165) is 42.1 Å². The normalized spacial score (nSPS) is 12.2. The first kappa shape index (κ1) is 17.0. The summed E-state index contributed by atoms with van der Waals surface area (Å²) in [5.74, 6) is -0.0231. The maximum atomic E-state index is 12.4. The zero-order valence-corrected chi connectivity index (χ0v) is 14.2. The van der Waals surface area contributed by atoms with E-state index < -0.39 is 0 Å². The van der Waals surface area contributed by atoms with Gasteiger partial charge in [-0.15, -0.1) is 0 Å². The third-order valence-corrected chi connectivity index (χ3v) is 3.99. The Morgan fingerprint density at radius 3 is 2.60 bits per heavy atom. The fraction of sp³-hybridized carbons (Fsp3) is 0.562. The molecular formula is C16H25BrN2O. The molecule has 0 aliphatic rings. The molecule has 0 saturated heterocycles. The van der Waals surface area contributed by atoms with Gasteiger partial charge in [-0.25, -0.2) is 0 Å². The fourth-order valence-electron chi connectivity index (χ4n) is 2.29. The van der Waals surface area contributed by atoms with Gasteiger partial charge < -0.3 is 11.1 Å². The lowest BCUT2D eigenvalue weighted by Crippen LogP contribution is -2.35. The molecule has 1 aromatic carbocycles. The Labute approximate surface area is 130 Å². The molecule has 0 aromatic heterocycles. The number of nitrogens with one attached hydrogen (secondary N) is 1. The smallest absolute Gasteiger partial charge is 0.251 e. The Kier molecular flexibility index (Phi) is 7.06. The Balaban J connectivity index is 2.83. The highest BCUT2D eigenvalue weighted by Crippen LogP contribution is 2.23. The van der Waals surface area contributed by atoms with Crippen molar-refractivity contribution < 1.29 is 4.79 Å². The van der Waals surface area contributed by atoms with E-state index in [1.807, 2.05) is 19.1 Å². The van der Waals surface area contributed by atoms with Gasteiger partial charge >= 0.3 is 0 Å². The van der Waals surface area contributed by atoms with Crippen molar-refractivity contribution in [1.29, 1.82) is 0 Å². The maximum absolute atomic E-state index is 12.4. The van der Waals surface area contributed by atoms with Gasteiger partial charge in [-0.3, -0.25) is 4.79 Å². The minimum absolute atomic E-state index is 0.0231. The first-order valence-electron chi connectivity index (χ1n) is 7.36. The SMILES string of the molecule is CCCCC(CCC)NC(=O)c1cc(Br)cc(N)c1C. The van der Waals surface area contributed by atoms with Gasteiger partial charge in [0.05, 0.1) is 0 Å². The topological polar surface area (TPSA) is 55.1 Å². The molecule has 0 fully saturated rings. The fourth-order valence-corrected chi connectivity index (χ4v) is 2.76. The summed E-state index contributed by atoms with van der Waals surface area (Å²) in [5.41, 5.74) is 8.07. The third kappa shape index (κ3) is 4.82. The van der Waals surface area contributed by atoms with E-state index in [1.165, 1.54) is 0 Å². The molecule has 3 nitrogen and oxygen atoms in total. The number of benzene rings is 1. The van der Waals surface area contributed by atoms with Crippen LogP contribution in [0.3, 0.4) is 0 Å². The van der Waals surface area contributed by atoms with Gasteiger partial charge in [0.1, 0.15) is 0 Å². The summed E-state index contributed by atoms with van der Waals surface area (Å²) in [6.07, 6.45) is 5.44. The largest absolute Gasteiger partial charge is 0.398 e. The van der Waals surface area contributed by atoms with Crippen molar-refractivity contribution in [2.75, 3.05) is 5.73 Å². The highest BCUT2D eigenvalue weighted by molar-refractivity contribution is 9.10. The van der Waals surface area contributed by atoms with E-state index in [0.29, 0.717) is 11.3 Å². The summed E-state index contributed by atoms with van der Waals surface area (Å²) >= 11 is 3.39. The molecule has 0 heterocycles. The first-order chi connectivity index (χ1) is 9.49. The zero-order valence-electron chi connectivity index (χ0n) is 12.6. The van der Waals surface area contributed by atoms with E-state index >= 15 is 0 Å². The highest BCUT2D eigenvalue weighted by atomic mass is 79.9. The molecule has 1 aromatic rings. The highest BCUT2D eigenvalue weighted by Gasteiger charge is 2.16. The van der Waals surface area contributed by atoms with Gasteiger partial charge in [0, 0.05) is 21.8 Å². The predicted molar refractivity (Wildman–Crippen MR) is 89.0 cm³/mol. The zero-order chi connectivity index (χ0) is 15.1. The van der Waals surface area contributed by atoms with Crippen LogP contribution < -0.4 is 11.1 Å². The molecule has 0 bridgehead atoms. The third-order valence-electron chi connectivity index (χ3n) is 3.54. The number of nitrogen functional groups attached to an aromatic ring is 1. The number of hydrogen-bond donors (Lipinski definition) is 2. The number of anilines is 1. The summed E-state index contributed by atoms with van der Waals surface area (Å²) in [7, 11) is 0. The molecule has 0 spiro atoms. The second-order valence-corrected chi connectivity index (χ2v) is 6.18. The van der Waals surface area contributed by atoms with Gasteiger partial charge in [0.2, 0.25) is 0 Å². The second kappa shape index (κ2) is 8.30. The summed E-state index contributed by atoms with van der Waals surface area (Å²) in [5, 5.41) is 3.15. The first-order valence-corrected chi connectivity index (χ1v) is 8.15. The molecule has 112 valence electrons. The van der Waals surface area contributed by atoms with Crippen LogP contribution in [-0.4, -0.2) is 11.9 Å². The summed E-state index contributed by atoms with van der Waals surface area (Å²) in [4.78, 5) is 12.4. The molecule has 3 N–H and O–H groups in total. The van der Waals surface area contributed by atoms with Crippen molar-refractivity contribution >= 4 is 27.5 Å². The number of carbonyl (C=O) groups is 1. The van der Waals surface area contributed by atoms with Gasteiger partial charge in [-0.05, 0) is 37.5 Å². The van der Waals surface area contributed by atoms with Crippen LogP contribution in [0.5, 0.6) is 0 Å². The summed E-state index contributed by atoms with van der Waals surface area (Å²) in [6.45, 7) is 6.20. The van der Waals surface area contributed by atoms with Crippen molar-refractivity contribution in [3.05, 3.63) is 27.7 Å². The molecule has 1 atom stereocenters. The predicted octanol–water partition coefficient (Wildman–Crippen LogP) is 4.43. The van der Waals surface area contributed by atoms with Crippen LogP contribution in [0.4, 0.5) is 5.69 Å². The molecule has 0 radical (unpaired) electrons. The van der Waals surface area contributed by atoms with Crippen LogP contribution in [0.15, 0.2) is 16.6 Å². The van der Waals surface area contributed by atoms with Crippen LogP contribution >= 0.6 is 15.9 Å². The van der Waals surface area contributed by atoms with Gasteiger partial charge in [0.25, 0.3) is 5.91 Å². The van der Waals surface area contributed by atoms with E-state index in [-0.39, 0.29) is 11.9 Å². The number of unbranched alkanes of at least 4 members (excludes halogenated alkanes) is 1. The van der Waals surface area contributed by atoms with E-state index in [2.05, 4.69) is 35.1 Å². The Hall–Kier alpha value is -1.03. The molecule has 0 aliphatic carbocycles. The molecule has 1 rings (SSSR count). The number of carbonyl (C=O) groups excluding carboxylic acids is 1. The van der Waals surface area contributed by atoms with Crippen LogP contribution in [0.1, 0.15) is 61.9 Å². The summed E-state index contributed by atoms with van der Waals surface area (Å²) in [6, 6.07) is 3.92. The van der Waals surface area contributed by atoms with Crippen LogP contribution in [0.2, 0.25) is 0 Å². The lowest BCUT2D eigenvalue weighted by atomic mass is 10.0. The van der Waals surface area contributed by atoms with Crippen molar-refractivity contribution in [3.8, 4) is 0 Å². The molecular weight excluding hydrogens is 316 g/mol. The van der Waals surface area contributed by atoms with Gasteiger partial charge in [-0.2, -0.15) is 0 Å². The van der Waals surface area contributed by atoms with Crippen LogP contribution in [0, 0.1) is 6.92 Å². The van der Waals surface area contributed by atoms with E-state index in [9.17, 15) is 4.79 Å². The van der Waals surface area contributed by atoms with Crippen LogP contribution in [-0.2, 0) is 0 Å². The molecule has 0 aliphatic heterocycles. The number of rotatable bonds is 7. The van der Waals surface area contributed by atoms with Crippen molar-refractivity contribution in [1.82, 2.24) is 5.32 Å². The van der Waals surface area contributed by atoms with E-state index in [4.69, 9.17) is 5.73 Å². The average molecular weight is 341 g/mol. The molecule has 0 saturated carbocycles. The van der Waals surface area contributed by atoms with E-state index in [1.54, 1.807) is 0 Å². The monoisotopic (exact) mass is 340 g/mol. The average Bonchev–Trinajstić information content (AvgIpc) is 2.40. The van der Waals surface area contributed by atoms with Crippen LogP contribution in [0.25, 0.3) is 0 Å². The quantitative estimate of drug-likeness (QED) is 0.721. The lowest BCUT2D eigenvalue weighted by Gasteiger charge is -2.19. The number of halogens is 1. The second-order valence-electron chi connectivity index (χ2n) is 5.27. The molecule has 1 amide bonds. The minimum atomic E-state index is -0.0231. The molecule has 4 heteroatoms. The number of amides is 1. The lowest BCUT2D eigenvalue weighted by molar-refractivity contribution is 0.0931. The van der Waals surface area contributed by atoms with Crippen molar-refractivity contribution in [2.24, 2.45) is 0 Å². The van der Waals surface area contributed by atoms with Gasteiger partial charge in [-0.1, -0.05) is 49.0 Å². The molecule has 20 heavy (non-hydrogen) atoms. The number of nitrogens with two attached hydrogens (primary N) is 1. The van der Waals surface area contributed by atoms with Crippen molar-refractivity contribution in [3.63, 3.8) is 0 Å². The Morgan fingerprint density at radius 2 is 2.00 bits per heavy atom. The minimum Gasteiger partial charge on any atom is -0.398 e.